The van der Waals surface area contributed by atoms with Crippen LogP contribution < -0.4 is 15.4 Å². The van der Waals surface area contributed by atoms with E-state index in [0.29, 0.717) is 29.7 Å². The highest BCUT2D eigenvalue weighted by Gasteiger charge is 2.13. The molecular formula is C16H19N5O2. The van der Waals surface area contributed by atoms with Crippen LogP contribution in [0.25, 0.3) is 0 Å². The molecule has 0 aliphatic carbocycles. The van der Waals surface area contributed by atoms with Crippen molar-refractivity contribution in [1.82, 2.24) is 15.0 Å². The lowest BCUT2D eigenvalue weighted by molar-refractivity contribution is 0.102. The zero-order valence-corrected chi connectivity index (χ0v) is 12.8. The van der Waals surface area contributed by atoms with Gasteiger partial charge in [-0.05, 0) is 18.9 Å². The van der Waals surface area contributed by atoms with Crippen LogP contribution in [0.4, 0.5) is 11.6 Å². The Bertz CT molecular complexity index is 677. The highest BCUT2D eigenvalue weighted by Crippen LogP contribution is 2.23. The number of fused-ring (bicyclic) bond motifs is 3. The Hall–Kier alpha value is -2.70. The van der Waals surface area contributed by atoms with Gasteiger partial charge < -0.3 is 15.4 Å². The van der Waals surface area contributed by atoms with Crippen LogP contribution >= 0.6 is 0 Å². The Morgan fingerprint density at radius 3 is 2.96 bits per heavy atom. The Morgan fingerprint density at radius 1 is 1.09 bits per heavy atom. The third-order valence-corrected chi connectivity index (χ3v) is 3.53. The maximum atomic E-state index is 12.4. The second kappa shape index (κ2) is 7.53. The molecule has 120 valence electrons. The first-order valence-corrected chi connectivity index (χ1v) is 7.78. The third-order valence-electron chi connectivity index (χ3n) is 3.53. The highest BCUT2D eigenvalue weighted by molar-refractivity contribution is 6.03. The van der Waals surface area contributed by atoms with Gasteiger partial charge in [-0.15, -0.1) is 0 Å². The molecule has 0 unspecified atom stereocenters. The largest absolute Gasteiger partial charge is 0.491 e. The van der Waals surface area contributed by atoms with E-state index < -0.39 is 0 Å². The van der Waals surface area contributed by atoms with Crippen molar-refractivity contribution < 1.29 is 9.53 Å². The van der Waals surface area contributed by atoms with Gasteiger partial charge in [-0.2, -0.15) is 0 Å². The molecule has 0 radical (unpaired) electrons. The van der Waals surface area contributed by atoms with E-state index in [1.807, 2.05) is 0 Å². The summed E-state index contributed by atoms with van der Waals surface area (Å²) < 4.78 is 5.76. The molecule has 0 saturated carbocycles. The lowest BCUT2D eigenvalue weighted by Gasteiger charge is -2.11. The maximum absolute atomic E-state index is 12.4. The summed E-state index contributed by atoms with van der Waals surface area (Å²) in [5, 5.41) is 5.94. The van der Waals surface area contributed by atoms with Crippen molar-refractivity contribution in [2.75, 3.05) is 23.8 Å². The number of hydrogen-bond acceptors (Lipinski definition) is 6. The van der Waals surface area contributed by atoms with Gasteiger partial charge in [-0.1, -0.05) is 12.8 Å². The number of rotatable bonds is 0. The fraction of sp³-hybridized carbons (Fsp3) is 0.375. The summed E-state index contributed by atoms with van der Waals surface area (Å²) >= 11 is 0. The van der Waals surface area contributed by atoms with Crippen molar-refractivity contribution >= 4 is 17.5 Å². The molecule has 0 spiro atoms. The van der Waals surface area contributed by atoms with E-state index in [4.69, 9.17) is 4.74 Å². The second-order valence-corrected chi connectivity index (χ2v) is 5.28. The van der Waals surface area contributed by atoms with E-state index >= 15 is 0 Å². The molecule has 1 amide bonds. The second-order valence-electron chi connectivity index (χ2n) is 5.28. The van der Waals surface area contributed by atoms with Gasteiger partial charge in [0.2, 0.25) is 5.95 Å². The van der Waals surface area contributed by atoms with Crippen LogP contribution in [0.2, 0.25) is 0 Å². The predicted molar refractivity (Wildman–Crippen MR) is 86.7 cm³/mol. The third kappa shape index (κ3) is 4.15. The molecule has 3 heterocycles. The summed E-state index contributed by atoms with van der Waals surface area (Å²) in [4.78, 5) is 24.8. The van der Waals surface area contributed by atoms with Gasteiger partial charge in [0.1, 0.15) is 17.1 Å². The number of hydrogen-bond donors (Lipinski definition) is 2. The van der Waals surface area contributed by atoms with E-state index in [0.717, 1.165) is 32.2 Å². The van der Waals surface area contributed by atoms with Crippen molar-refractivity contribution in [1.29, 1.82) is 0 Å². The quantitative estimate of drug-likeness (QED) is 0.777. The summed E-state index contributed by atoms with van der Waals surface area (Å²) in [5.41, 5.74) is 0.840. The van der Waals surface area contributed by atoms with Crippen LogP contribution in [0.15, 0.2) is 30.7 Å². The van der Waals surface area contributed by atoms with Crippen LogP contribution in [0.1, 0.15) is 36.2 Å². The smallest absolute Gasteiger partial charge is 0.274 e. The molecule has 7 heteroatoms. The van der Waals surface area contributed by atoms with Gasteiger partial charge in [0, 0.05) is 25.0 Å². The van der Waals surface area contributed by atoms with E-state index in [9.17, 15) is 4.79 Å². The Morgan fingerprint density at radius 2 is 2.00 bits per heavy atom. The van der Waals surface area contributed by atoms with Crippen LogP contribution in [0.5, 0.6) is 5.75 Å². The van der Waals surface area contributed by atoms with Gasteiger partial charge in [-0.25, -0.2) is 9.97 Å². The summed E-state index contributed by atoms with van der Waals surface area (Å²) in [6.45, 7) is 1.41. The lowest BCUT2D eigenvalue weighted by Crippen LogP contribution is -2.16. The normalized spacial score (nSPS) is 15.9. The summed E-state index contributed by atoms with van der Waals surface area (Å²) in [5.74, 6) is 0.772. The maximum Gasteiger partial charge on any atom is 0.274 e. The molecule has 0 fully saturated rings. The van der Waals surface area contributed by atoms with Gasteiger partial charge in [0.05, 0.1) is 12.8 Å². The van der Waals surface area contributed by atoms with Crippen molar-refractivity contribution in [3.8, 4) is 5.75 Å². The first kappa shape index (κ1) is 15.2. The predicted octanol–water partition coefficient (Wildman–Crippen LogP) is 2.49. The zero-order chi connectivity index (χ0) is 15.9. The average Bonchev–Trinajstić information content (AvgIpc) is 2.58. The molecular weight excluding hydrogens is 294 g/mol. The number of nitrogens with one attached hydrogen (secondary N) is 2. The van der Waals surface area contributed by atoms with Crippen LogP contribution in [0, 0.1) is 0 Å². The SMILES string of the molecule is O=C1Nc2cnccc2OCCCCCCNc2nccc1n2. The van der Waals surface area contributed by atoms with E-state index in [-0.39, 0.29) is 5.91 Å². The number of ether oxygens (including phenoxy) is 1. The number of aromatic nitrogens is 3. The molecule has 23 heavy (non-hydrogen) atoms. The van der Waals surface area contributed by atoms with Crippen molar-refractivity contribution in [3.63, 3.8) is 0 Å². The molecule has 0 aromatic carbocycles. The molecule has 0 saturated heterocycles. The Kier molecular flexibility index (Phi) is 4.98. The van der Waals surface area contributed by atoms with E-state index in [1.165, 1.54) is 0 Å². The van der Waals surface area contributed by atoms with Crippen LogP contribution in [0.3, 0.4) is 0 Å². The molecule has 2 N–H and O–H groups in total. The number of pyridine rings is 1. The minimum atomic E-state index is -0.317. The van der Waals surface area contributed by atoms with E-state index in [1.54, 1.807) is 30.7 Å². The molecule has 1 aliphatic heterocycles. The number of anilines is 2. The molecule has 7 nitrogen and oxygen atoms in total. The molecule has 2 bridgehead atoms. The zero-order valence-electron chi connectivity index (χ0n) is 12.8. The first-order chi connectivity index (χ1) is 11.3. The summed E-state index contributed by atoms with van der Waals surface area (Å²) in [7, 11) is 0. The topological polar surface area (TPSA) is 89.0 Å². The Labute approximate surface area is 134 Å². The summed E-state index contributed by atoms with van der Waals surface area (Å²) in [6, 6.07) is 3.33. The van der Waals surface area contributed by atoms with Gasteiger partial charge in [0.15, 0.2) is 0 Å². The Balaban J connectivity index is 1.84. The number of carbonyl (C=O) groups is 1. The number of carbonyl (C=O) groups excluding carboxylic acids is 1. The monoisotopic (exact) mass is 313 g/mol. The summed E-state index contributed by atoms with van der Waals surface area (Å²) in [6.07, 6.45) is 8.99. The van der Waals surface area contributed by atoms with Crippen molar-refractivity contribution in [2.45, 2.75) is 25.7 Å². The minimum absolute atomic E-state index is 0.298. The molecule has 1 aliphatic rings. The van der Waals surface area contributed by atoms with Crippen LogP contribution in [-0.4, -0.2) is 34.0 Å². The van der Waals surface area contributed by atoms with Gasteiger partial charge in [-0.3, -0.25) is 9.78 Å². The van der Waals surface area contributed by atoms with Crippen LogP contribution in [-0.2, 0) is 0 Å². The average molecular weight is 313 g/mol. The van der Waals surface area contributed by atoms with Crippen molar-refractivity contribution in [2.24, 2.45) is 0 Å². The first-order valence-electron chi connectivity index (χ1n) is 7.78. The fourth-order valence-corrected chi connectivity index (χ4v) is 2.32. The number of amides is 1. The lowest BCUT2D eigenvalue weighted by atomic mass is 10.2. The van der Waals surface area contributed by atoms with Crippen molar-refractivity contribution in [3.05, 3.63) is 36.4 Å². The van der Waals surface area contributed by atoms with Gasteiger partial charge in [0.25, 0.3) is 5.91 Å². The molecule has 3 rings (SSSR count). The standard InChI is InChI=1S/C16H19N5O2/c22-15-12-5-9-19-16(21-12)18-7-3-1-2-4-10-23-14-6-8-17-11-13(14)20-15/h5-6,8-9,11H,1-4,7,10H2,(H,20,22)(H,18,19,21). The van der Waals surface area contributed by atoms with E-state index in [2.05, 4.69) is 25.6 Å². The fourth-order valence-electron chi connectivity index (χ4n) is 2.32. The molecule has 0 atom stereocenters. The van der Waals surface area contributed by atoms with Gasteiger partial charge >= 0.3 is 0 Å². The molecule has 2 aromatic rings. The minimum Gasteiger partial charge on any atom is -0.491 e. The molecule has 2 aromatic heterocycles. The number of nitrogens with zero attached hydrogens (tertiary/aromatic N) is 3. The highest BCUT2D eigenvalue weighted by atomic mass is 16.5.